The van der Waals surface area contributed by atoms with Crippen molar-refractivity contribution in [1.82, 2.24) is 15.2 Å². The third-order valence-electron chi connectivity index (χ3n) is 11.8. The second kappa shape index (κ2) is 10.3. The molecule has 0 atom stereocenters. The number of carbonyl (C=O) groups excluding carboxylic acids is 1. The molecule has 0 amide bonds. The van der Waals surface area contributed by atoms with E-state index >= 15 is 0 Å². The molecular weight excluding hydrogens is 620 g/mol. The van der Waals surface area contributed by atoms with E-state index in [1.165, 1.54) is 42.5 Å². The molecule has 0 unspecified atom stereocenters. The summed E-state index contributed by atoms with van der Waals surface area (Å²) < 4.78 is 7.60. The Morgan fingerprint density at radius 1 is 0.604 bits per heavy atom. The smallest absolute Gasteiger partial charge is 0.343 e. The lowest BCUT2D eigenvalue weighted by Crippen LogP contribution is -2.53. The van der Waals surface area contributed by atoms with Gasteiger partial charge in [0, 0.05) is 10.4 Å². The highest BCUT2D eigenvalue weighted by atomic mass is 16.6. The van der Waals surface area contributed by atoms with Crippen molar-refractivity contribution in [2.45, 2.75) is 116 Å². The van der Waals surface area contributed by atoms with E-state index in [0.717, 1.165) is 0 Å². The molecule has 5 rings (SSSR count). The minimum atomic E-state index is -1.22. The summed E-state index contributed by atoms with van der Waals surface area (Å²) in [5.74, 6) is -1.68. The van der Waals surface area contributed by atoms with Crippen LogP contribution in [0.3, 0.4) is 0 Å². The molecular formula is C34H43N6O8-. The van der Waals surface area contributed by atoms with Gasteiger partial charge in [0.05, 0.1) is 16.7 Å². The molecule has 3 aliphatic rings. The van der Waals surface area contributed by atoms with Crippen LogP contribution in [0.2, 0.25) is 0 Å². The molecule has 0 N–H and O–H groups in total. The van der Waals surface area contributed by atoms with Crippen LogP contribution in [0, 0.1) is 20.8 Å². The highest BCUT2D eigenvalue weighted by molar-refractivity contribution is 6.04. The summed E-state index contributed by atoms with van der Waals surface area (Å²) in [5, 5.41) is 82.4. The van der Waals surface area contributed by atoms with E-state index in [1.807, 2.05) is 0 Å². The van der Waals surface area contributed by atoms with Crippen molar-refractivity contribution in [3.8, 4) is 5.75 Å². The molecule has 0 saturated heterocycles. The molecule has 0 aliphatic carbocycles. The van der Waals surface area contributed by atoms with Gasteiger partial charge < -0.3 is 25.6 Å². The number of rotatable bonds is 5. The summed E-state index contributed by atoms with van der Waals surface area (Å²) in [6.45, 7) is 19.7. The first-order chi connectivity index (χ1) is 21.8. The van der Waals surface area contributed by atoms with Gasteiger partial charge >= 0.3 is 17.6 Å². The fourth-order valence-electron chi connectivity index (χ4n) is 5.86. The number of hydrogen-bond donors (Lipinski definition) is 0. The molecule has 0 spiro atoms. The molecule has 2 aromatic rings. The van der Waals surface area contributed by atoms with E-state index < -0.39 is 39.2 Å². The summed E-state index contributed by atoms with van der Waals surface area (Å²) in [4.78, 5) is 13.5. The molecule has 48 heavy (non-hydrogen) atoms. The Labute approximate surface area is 280 Å². The second-order valence-corrected chi connectivity index (χ2v) is 15.8. The maximum Gasteiger partial charge on any atom is 0.343 e. The molecule has 0 fully saturated rings. The molecule has 14 nitrogen and oxygen atoms in total. The molecule has 2 radical (unpaired) electrons. The fourth-order valence-corrected chi connectivity index (χ4v) is 5.86. The van der Waals surface area contributed by atoms with Gasteiger partial charge in [0.2, 0.25) is 0 Å². The average Bonchev–Trinajstić information content (AvgIpc) is 3.27. The van der Waals surface area contributed by atoms with Crippen molar-refractivity contribution in [3.63, 3.8) is 0 Å². The number of benzene rings is 2. The molecule has 0 saturated carbocycles. The fraction of sp³-hybridized carbons (Fsp3) is 0.529. The standard InChI is InChI=1S/C34H43N6O8/c1-29(2)30(3,4)36(43)25(35(29)42)20-13-15-21(16-14-20)28(41)48-24-18-17-22(26-37(44)31(5,6)32(7,8)38(26)45)19-23(24)27-39(46)33(9,10)34(11,12)40(27)47/h13-19H,1-12H3/q-1. The molecule has 2 aromatic carbocycles. The Balaban J connectivity index is 1.58. The number of hydrogen-bond acceptors (Lipinski definition) is 9. The zero-order chi connectivity index (χ0) is 36.3. The summed E-state index contributed by atoms with van der Waals surface area (Å²) in [6.07, 6.45) is 0. The first kappa shape index (κ1) is 34.9. The highest BCUT2D eigenvalue weighted by Gasteiger charge is 2.62. The van der Waals surface area contributed by atoms with Crippen molar-refractivity contribution in [2.75, 3.05) is 0 Å². The number of carbonyl (C=O) groups is 1. The molecule has 3 aliphatic heterocycles. The van der Waals surface area contributed by atoms with Gasteiger partial charge in [-0.05, 0) is 126 Å². The van der Waals surface area contributed by atoms with E-state index in [2.05, 4.69) is 0 Å². The Morgan fingerprint density at radius 3 is 1.44 bits per heavy atom. The number of esters is 1. The zero-order valence-corrected chi connectivity index (χ0v) is 29.5. The minimum Gasteiger partial charge on any atom is -0.715 e. The van der Waals surface area contributed by atoms with Gasteiger partial charge in [-0.15, -0.1) is 0 Å². The lowest BCUT2D eigenvalue weighted by molar-refractivity contribution is -0.539. The van der Waals surface area contributed by atoms with E-state index in [0.29, 0.717) is 35.0 Å². The van der Waals surface area contributed by atoms with E-state index in [1.54, 1.807) is 83.1 Å². The van der Waals surface area contributed by atoms with E-state index in [4.69, 9.17) is 4.74 Å². The van der Waals surface area contributed by atoms with Gasteiger partial charge in [0.25, 0.3) is 5.84 Å². The van der Waals surface area contributed by atoms with Crippen LogP contribution in [0.4, 0.5) is 0 Å². The summed E-state index contributed by atoms with van der Waals surface area (Å²) >= 11 is 0. The van der Waals surface area contributed by atoms with E-state index in [-0.39, 0.29) is 39.9 Å². The average molecular weight is 664 g/mol. The van der Waals surface area contributed by atoms with Crippen LogP contribution in [0.25, 0.3) is 0 Å². The normalized spacial score (nSPS) is 23.4. The Bertz CT molecular complexity index is 1800. The molecule has 258 valence electrons. The van der Waals surface area contributed by atoms with Gasteiger partial charge in [-0.2, -0.15) is 0 Å². The number of nitrogens with zero attached hydrogens (tertiary/aromatic N) is 6. The first-order valence-electron chi connectivity index (χ1n) is 15.7. The minimum absolute atomic E-state index is 0.0565. The summed E-state index contributed by atoms with van der Waals surface area (Å²) in [7, 11) is 0. The predicted octanol–water partition coefficient (Wildman–Crippen LogP) is 4.48. The lowest BCUT2D eigenvalue weighted by atomic mass is 9.84. The topological polar surface area (TPSA) is 177 Å². The van der Waals surface area contributed by atoms with Crippen molar-refractivity contribution in [2.24, 2.45) is 0 Å². The Morgan fingerprint density at radius 2 is 1.02 bits per heavy atom. The number of hydroxylamine groups is 9. The Hall–Kier alpha value is -4.40. The summed E-state index contributed by atoms with van der Waals surface area (Å²) in [5.41, 5.74) is -6.35. The summed E-state index contributed by atoms with van der Waals surface area (Å²) in [6, 6.07) is 9.81. The van der Waals surface area contributed by atoms with Crippen molar-refractivity contribution >= 4 is 23.5 Å². The van der Waals surface area contributed by atoms with Gasteiger partial charge in [-0.25, -0.2) is 4.79 Å². The van der Waals surface area contributed by atoms with Crippen molar-refractivity contribution in [1.29, 1.82) is 0 Å². The zero-order valence-electron chi connectivity index (χ0n) is 29.5. The maximum absolute atomic E-state index is 13.7. The quantitative estimate of drug-likeness (QED) is 0.193. The third-order valence-corrected chi connectivity index (χ3v) is 11.8. The largest absolute Gasteiger partial charge is 0.715 e. The van der Waals surface area contributed by atoms with Gasteiger partial charge in [0.1, 0.15) is 33.5 Å². The van der Waals surface area contributed by atoms with Crippen LogP contribution in [-0.4, -0.2) is 86.1 Å². The van der Waals surface area contributed by atoms with Gasteiger partial charge in [0.15, 0.2) is 11.1 Å². The van der Waals surface area contributed by atoms with Gasteiger partial charge in [-0.3, -0.25) is 19.3 Å². The molecule has 3 heterocycles. The number of ether oxygens (including phenoxy) is 1. The van der Waals surface area contributed by atoms with Crippen LogP contribution in [0.15, 0.2) is 42.5 Å². The molecule has 0 aromatic heterocycles. The predicted molar refractivity (Wildman–Crippen MR) is 176 cm³/mol. The molecule has 14 heteroatoms. The van der Waals surface area contributed by atoms with Crippen LogP contribution in [0.5, 0.6) is 5.75 Å². The van der Waals surface area contributed by atoms with Crippen molar-refractivity contribution in [3.05, 3.63) is 85.5 Å². The van der Waals surface area contributed by atoms with Crippen LogP contribution in [0.1, 0.15) is 110 Å². The van der Waals surface area contributed by atoms with Crippen LogP contribution in [-0.2, 0) is 10.4 Å². The highest BCUT2D eigenvalue weighted by Crippen LogP contribution is 2.42. The SMILES string of the molecule is CC1(C)N([O])C(c2ccc(OC(=O)c3ccc(C4=[N+]([O-])C(C)(C)C(C)(C)N4[O-])cc3)c(C3=[N+]([O-])C(C)(C)C(C)(C)N3[O])c2)=[N+]([O-])C1(C)C. The van der Waals surface area contributed by atoms with Crippen molar-refractivity contribution < 1.29 is 34.2 Å². The monoisotopic (exact) mass is 663 g/mol. The van der Waals surface area contributed by atoms with Crippen LogP contribution >= 0.6 is 0 Å². The van der Waals surface area contributed by atoms with Crippen LogP contribution < -0.4 is 4.74 Å². The third kappa shape index (κ3) is 4.35. The van der Waals surface area contributed by atoms with E-state index in [9.17, 15) is 36.0 Å². The Kier molecular flexibility index (Phi) is 7.49. The first-order valence-corrected chi connectivity index (χ1v) is 15.7. The molecule has 0 bridgehead atoms. The lowest BCUT2D eigenvalue weighted by Gasteiger charge is -2.39. The number of amidine groups is 3. The maximum atomic E-state index is 13.7. The van der Waals surface area contributed by atoms with Gasteiger partial charge in [-0.1, -0.05) is 10.1 Å². The second-order valence-electron chi connectivity index (χ2n) is 15.8.